The molecule has 5 nitrogen and oxygen atoms in total. The highest BCUT2D eigenvalue weighted by molar-refractivity contribution is 5.96. The molecule has 0 bridgehead atoms. The Morgan fingerprint density at radius 3 is 2.33 bits per heavy atom. The number of likely N-dealkylation sites (N-methyl/N-ethyl adjacent to an activating group) is 1. The van der Waals surface area contributed by atoms with Gasteiger partial charge in [0.1, 0.15) is 12.1 Å². The van der Waals surface area contributed by atoms with E-state index in [4.69, 9.17) is 0 Å². The Balaban J connectivity index is 0.00000141. The Labute approximate surface area is 183 Å². The van der Waals surface area contributed by atoms with E-state index in [1.807, 2.05) is 42.3 Å². The Kier molecular flexibility index (Phi) is 11.6. The molecule has 1 heterocycles. The minimum absolute atomic E-state index is 0.0337. The summed E-state index contributed by atoms with van der Waals surface area (Å²) in [5.74, 6) is 0.0680. The van der Waals surface area contributed by atoms with E-state index >= 15 is 0 Å². The predicted molar refractivity (Wildman–Crippen MR) is 125 cm³/mol. The van der Waals surface area contributed by atoms with Crippen LogP contribution in [0.5, 0.6) is 0 Å². The number of amides is 2. The highest BCUT2D eigenvalue weighted by atomic mass is 16.2. The zero-order valence-electron chi connectivity index (χ0n) is 19.4. The molecule has 2 rings (SSSR count). The van der Waals surface area contributed by atoms with Crippen LogP contribution in [0.2, 0.25) is 0 Å². The number of carbonyl (C=O) groups excluding carboxylic acids is 2. The van der Waals surface area contributed by atoms with E-state index in [0.717, 1.165) is 19.4 Å². The van der Waals surface area contributed by atoms with Crippen LogP contribution in [0.25, 0.3) is 0 Å². The van der Waals surface area contributed by atoms with Crippen LogP contribution in [0.15, 0.2) is 55.4 Å². The maximum Gasteiger partial charge on any atom is 0.245 e. The van der Waals surface area contributed by atoms with Gasteiger partial charge < -0.3 is 14.7 Å². The number of hydrogen-bond acceptors (Lipinski definition) is 3. The van der Waals surface area contributed by atoms with Crippen LogP contribution < -0.4 is 0 Å². The van der Waals surface area contributed by atoms with Crippen molar-refractivity contribution in [2.24, 2.45) is 0 Å². The average Bonchev–Trinajstić information content (AvgIpc) is 2.75. The molecule has 2 atom stereocenters. The molecule has 1 aromatic rings. The first kappa shape index (κ1) is 25.5. The average molecular weight is 414 g/mol. The van der Waals surface area contributed by atoms with Gasteiger partial charge in [0.2, 0.25) is 11.8 Å². The quantitative estimate of drug-likeness (QED) is 0.600. The first-order valence-corrected chi connectivity index (χ1v) is 11.0. The van der Waals surface area contributed by atoms with Gasteiger partial charge in [-0.05, 0) is 51.1 Å². The van der Waals surface area contributed by atoms with E-state index in [9.17, 15) is 9.59 Å². The van der Waals surface area contributed by atoms with E-state index in [2.05, 4.69) is 32.6 Å². The Morgan fingerprint density at radius 1 is 1.13 bits per heavy atom. The molecule has 2 amide bonds. The summed E-state index contributed by atoms with van der Waals surface area (Å²) in [6.07, 6.45) is 9.14. The molecule has 0 aromatic heterocycles. The van der Waals surface area contributed by atoms with Gasteiger partial charge in [-0.1, -0.05) is 63.3 Å². The van der Waals surface area contributed by atoms with Crippen LogP contribution in [0.3, 0.4) is 0 Å². The summed E-state index contributed by atoms with van der Waals surface area (Å²) in [7, 11) is 1.73. The van der Waals surface area contributed by atoms with E-state index < -0.39 is 12.1 Å². The number of benzene rings is 1. The summed E-state index contributed by atoms with van der Waals surface area (Å²) >= 11 is 0. The highest BCUT2D eigenvalue weighted by Crippen LogP contribution is 2.21. The van der Waals surface area contributed by atoms with E-state index in [-0.39, 0.29) is 11.8 Å². The van der Waals surface area contributed by atoms with Crippen molar-refractivity contribution in [3.05, 3.63) is 61.0 Å². The molecule has 30 heavy (non-hydrogen) atoms. The topological polar surface area (TPSA) is 43.9 Å². The second-order valence-electron chi connectivity index (χ2n) is 7.66. The van der Waals surface area contributed by atoms with Gasteiger partial charge in [-0.15, -0.1) is 0 Å². The minimum Gasteiger partial charge on any atom is -0.355 e. The lowest BCUT2D eigenvalue weighted by Crippen LogP contribution is -2.63. The standard InChI is InChI=1S/C22H31N3O2.C3H8/c1-5-15-24(6-2)16-10-17-25-20(14-13-19-11-8-7-9-12-19)22(27)23(4)18(3)21(25)26;1-3-2/h5-9,11-12,15,18,20H,2,10,13-14,16-17H2,1,3-4H3;3H2,1-2H3/b15-5-;. The van der Waals surface area contributed by atoms with Crippen LogP contribution in [-0.2, 0) is 16.0 Å². The molecule has 1 aliphatic rings. The number of allylic oxidation sites excluding steroid dienone is 1. The van der Waals surface area contributed by atoms with Crippen molar-refractivity contribution in [1.82, 2.24) is 14.7 Å². The molecule has 0 saturated carbocycles. The van der Waals surface area contributed by atoms with Gasteiger partial charge in [0, 0.05) is 20.1 Å². The summed E-state index contributed by atoms with van der Waals surface area (Å²) in [5, 5.41) is 0. The number of rotatable bonds is 9. The molecule has 5 heteroatoms. The third-order valence-electron chi connectivity index (χ3n) is 5.17. The monoisotopic (exact) mass is 413 g/mol. The first-order valence-electron chi connectivity index (χ1n) is 11.0. The molecular weight excluding hydrogens is 374 g/mol. The Hall–Kier alpha value is -2.56. The molecule has 1 fully saturated rings. The smallest absolute Gasteiger partial charge is 0.245 e. The van der Waals surface area contributed by atoms with Crippen molar-refractivity contribution in [3.8, 4) is 0 Å². The molecule has 0 aliphatic carbocycles. The Morgan fingerprint density at radius 2 is 1.77 bits per heavy atom. The highest BCUT2D eigenvalue weighted by Gasteiger charge is 2.41. The molecule has 0 spiro atoms. The van der Waals surface area contributed by atoms with Crippen molar-refractivity contribution < 1.29 is 9.59 Å². The number of piperazine rings is 1. The second kappa shape index (κ2) is 13.6. The van der Waals surface area contributed by atoms with Crippen molar-refractivity contribution in [1.29, 1.82) is 0 Å². The van der Waals surface area contributed by atoms with Crippen LogP contribution in [0.4, 0.5) is 0 Å². The molecule has 0 N–H and O–H groups in total. The fourth-order valence-electron chi connectivity index (χ4n) is 3.45. The zero-order chi connectivity index (χ0) is 22.5. The molecule has 2 unspecified atom stereocenters. The van der Waals surface area contributed by atoms with Gasteiger partial charge in [0.05, 0.1) is 0 Å². The molecule has 1 aromatic carbocycles. The van der Waals surface area contributed by atoms with Crippen molar-refractivity contribution in [2.45, 2.75) is 65.5 Å². The van der Waals surface area contributed by atoms with Crippen LogP contribution in [-0.4, -0.2) is 58.7 Å². The van der Waals surface area contributed by atoms with Gasteiger partial charge in [-0.25, -0.2) is 0 Å². The van der Waals surface area contributed by atoms with E-state index in [1.54, 1.807) is 30.0 Å². The van der Waals surface area contributed by atoms with Gasteiger partial charge in [-0.3, -0.25) is 9.59 Å². The van der Waals surface area contributed by atoms with Crippen molar-refractivity contribution in [3.63, 3.8) is 0 Å². The van der Waals surface area contributed by atoms with Gasteiger partial charge in [-0.2, -0.15) is 0 Å². The third-order valence-corrected chi connectivity index (χ3v) is 5.17. The fraction of sp³-hybridized carbons (Fsp3) is 0.520. The summed E-state index contributed by atoms with van der Waals surface area (Å²) in [6.45, 7) is 13.2. The van der Waals surface area contributed by atoms with Crippen LogP contribution in [0, 0.1) is 0 Å². The summed E-state index contributed by atoms with van der Waals surface area (Å²) in [6, 6.07) is 9.31. The van der Waals surface area contributed by atoms with Gasteiger partial charge in [0.15, 0.2) is 0 Å². The number of nitrogens with zero attached hydrogens (tertiary/aromatic N) is 3. The third kappa shape index (κ3) is 7.36. The van der Waals surface area contributed by atoms with Crippen LogP contribution >= 0.6 is 0 Å². The van der Waals surface area contributed by atoms with Gasteiger partial charge >= 0.3 is 0 Å². The summed E-state index contributed by atoms with van der Waals surface area (Å²) in [5.41, 5.74) is 1.19. The predicted octanol–water partition coefficient (Wildman–Crippen LogP) is 4.46. The number of aryl methyl sites for hydroxylation is 1. The van der Waals surface area contributed by atoms with Gasteiger partial charge in [0.25, 0.3) is 0 Å². The lowest BCUT2D eigenvalue weighted by Gasteiger charge is -2.42. The molecule has 166 valence electrons. The maximum atomic E-state index is 12.9. The van der Waals surface area contributed by atoms with E-state index in [0.29, 0.717) is 13.0 Å². The SMILES string of the molecule is C=CN(/C=C\C)CCCN1C(=O)C(C)N(C)C(=O)C1CCc1ccccc1.CCC. The summed E-state index contributed by atoms with van der Waals surface area (Å²) in [4.78, 5) is 31.1. The Bertz CT molecular complexity index is 687. The zero-order valence-corrected chi connectivity index (χ0v) is 19.4. The lowest BCUT2D eigenvalue weighted by molar-refractivity contribution is -0.159. The fourth-order valence-corrected chi connectivity index (χ4v) is 3.45. The van der Waals surface area contributed by atoms with E-state index in [1.165, 1.54) is 12.0 Å². The van der Waals surface area contributed by atoms with Crippen molar-refractivity contribution >= 4 is 11.8 Å². The van der Waals surface area contributed by atoms with Crippen molar-refractivity contribution in [2.75, 3.05) is 20.1 Å². The molecule has 0 radical (unpaired) electrons. The number of hydrogen-bond donors (Lipinski definition) is 0. The molecule has 1 saturated heterocycles. The second-order valence-corrected chi connectivity index (χ2v) is 7.66. The number of carbonyl (C=O) groups is 2. The largest absolute Gasteiger partial charge is 0.355 e. The lowest BCUT2D eigenvalue weighted by atomic mass is 9.98. The minimum atomic E-state index is -0.406. The van der Waals surface area contributed by atoms with Crippen LogP contribution in [0.1, 0.15) is 52.5 Å². The first-order chi connectivity index (χ1) is 14.4. The molecular formula is C25H39N3O2. The maximum absolute atomic E-state index is 12.9. The summed E-state index contributed by atoms with van der Waals surface area (Å²) < 4.78 is 0. The molecule has 1 aliphatic heterocycles. The normalized spacial score (nSPS) is 19.0.